The average molecular weight is 387 g/mol. The second-order valence-electron chi connectivity index (χ2n) is 7.12. The maximum atomic E-state index is 5.87. The Hall–Kier alpha value is -2.76. The van der Waals surface area contributed by atoms with Crippen molar-refractivity contribution in [2.45, 2.75) is 51.4 Å². The van der Waals surface area contributed by atoms with Gasteiger partial charge in [-0.25, -0.2) is 0 Å². The molecule has 0 aromatic heterocycles. The van der Waals surface area contributed by atoms with Crippen LogP contribution in [0.3, 0.4) is 0 Å². The molecule has 0 aliphatic rings. The lowest BCUT2D eigenvalue weighted by atomic mass is 10.1. The van der Waals surface area contributed by atoms with E-state index in [1.165, 1.54) is 38.5 Å². The van der Waals surface area contributed by atoms with E-state index < -0.39 is 0 Å². The fourth-order valence-corrected chi connectivity index (χ4v) is 3.03. The van der Waals surface area contributed by atoms with Crippen molar-refractivity contribution in [3.8, 4) is 11.5 Å². The molecule has 0 radical (unpaired) electrons. The van der Waals surface area contributed by atoms with Crippen LogP contribution in [0.2, 0.25) is 0 Å². The summed E-state index contributed by atoms with van der Waals surface area (Å²) in [4.78, 5) is 0. The third-order valence-corrected chi connectivity index (χ3v) is 4.62. The fraction of sp³-hybridized carbons (Fsp3) is 0.455. The molecule has 0 spiro atoms. The van der Waals surface area contributed by atoms with E-state index in [9.17, 15) is 0 Å². The number of benzene rings is 2. The van der Waals surface area contributed by atoms with Gasteiger partial charge in [-0.3, -0.25) is 0 Å². The van der Waals surface area contributed by atoms with Crippen LogP contribution in [-0.2, 0) is 0 Å². The molecule has 6 nitrogen and oxygen atoms in total. The van der Waals surface area contributed by atoms with Crippen LogP contribution in [0.5, 0.6) is 11.5 Å². The molecule has 0 unspecified atom stereocenters. The summed E-state index contributed by atoms with van der Waals surface area (Å²) in [6.45, 7) is 1.39. The van der Waals surface area contributed by atoms with Gasteiger partial charge in [-0.1, -0.05) is 38.5 Å². The van der Waals surface area contributed by atoms with Crippen LogP contribution < -0.4 is 32.4 Å². The number of anilines is 4. The molecule has 0 amide bonds. The molecule has 2 aromatic rings. The molecular formula is C22H34N4O2. The van der Waals surface area contributed by atoms with Crippen molar-refractivity contribution >= 4 is 22.7 Å². The molecule has 0 aliphatic carbocycles. The van der Waals surface area contributed by atoms with E-state index in [1.807, 2.05) is 12.1 Å². The standard InChI is InChI=1S/C22H34N4O2/c23-17-9-11-21(19(25)15-17)27-13-7-5-3-1-2-4-6-8-14-28-22-12-10-18(24)16-20(22)26/h9-12,15-16H,1-8,13-14,23-26H2. The summed E-state index contributed by atoms with van der Waals surface area (Å²) in [5, 5.41) is 0. The summed E-state index contributed by atoms with van der Waals surface area (Å²) in [5.41, 5.74) is 25.6. The van der Waals surface area contributed by atoms with E-state index in [4.69, 9.17) is 32.4 Å². The molecule has 154 valence electrons. The van der Waals surface area contributed by atoms with Crippen molar-refractivity contribution in [3.05, 3.63) is 36.4 Å². The monoisotopic (exact) mass is 386 g/mol. The summed E-state index contributed by atoms with van der Waals surface area (Å²) >= 11 is 0. The molecule has 2 rings (SSSR count). The van der Waals surface area contributed by atoms with Gasteiger partial charge in [0.1, 0.15) is 11.5 Å². The van der Waals surface area contributed by atoms with Gasteiger partial charge in [-0.15, -0.1) is 0 Å². The van der Waals surface area contributed by atoms with E-state index >= 15 is 0 Å². The summed E-state index contributed by atoms with van der Waals surface area (Å²) in [6, 6.07) is 10.7. The summed E-state index contributed by atoms with van der Waals surface area (Å²) in [5.74, 6) is 1.44. The number of hydrogen-bond acceptors (Lipinski definition) is 6. The lowest BCUT2D eigenvalue weighted by Gasteiger charge is -2.10. The number of rotatable bonds is 13. The van der Waals surface area contributed by atoms with Gasteiger partial charge in [0, 0.05) is 11.4 Å². The fourth-order valence-electron chi connectivity index (χ4n) is 3.03. The molecule has 0 saturated heterocycles. The zero-order valence-corrected chi connectivity index (χ0v) is 16.7. The SMILES string of the molecule is Nc1ccc(OCCCCCCCCCCOc2ccc(N)cc2N)c(N)c1. The Labute approximate surface area is 168 Å². The van der Waals surface area contributed by atoms with E-state index in [1.54, 1.807) is 24.3 Å². The van der Waals surface area contributed by atoms with Crippen LogP contribution in [0, 0.1) is 0 Å². The van der Waals surface area contributed by atoms with E-state index in [-0.39, 0.29) is 0 Å². The molecule has 0 atom stereocenters. The maximum Gasteiger partial charge on any atom is 0.142 e. The highest BCUT2D eigenvalue weighted by atomic mass is 16.5. The van der Waals surface area contributed by atoms with Gasteiger partial charge in [0.2, 0.25) is 0 Å². The molecule has 0 aliphatic heterocycles. The zero-order chi connectivity index (χ0) is 20.2. The number of nitrogens with two attached hydrogens (primary N) is 4. The number of hydrogen-bond donors (Lipinski definition) is 4. The molecule has 0 bridgehead atoms. The first-order valence-electron chi connectivity index (χ1n) is 10.1. The van der Waals surface area contributed by atoms with E-state index in [2.05, 4.69) is 0 Å². The Morgan fingerprint density at radius 3 is 1.21 bits per heavy atom. The molecule has 6 heteroatoms. The van der Waals surface area contributed by atoms with Crippen molar-refractivity contribution < 1.29 is 9.47 Å². The smallest absolute Gasteiger partial charge is 0.142 e. The predicted molar refractivity (Wildman–Crippen MR) is 118 cm³/mol. The van der Waals surface area contributed by atoms with Crippen LogP contribution >= 0.6 is 0 Å². The number of nitrogen functional groups attached to an aromatic ring is 4. The lowest BCUT2D eigenvalue weighted by Crippen LogP contribution is -2.01. The maximum absolute atomic E-state index is 5.87. The lowest BCUT2D eigenvalue weighted by molar-refractivity contribution is 0.302. The highest BCUT2D eigenvalue weighted by molar-refractivity contribution is 5.61. The first-order chi connectivity index (χ1) is 13.6. The van der Waals surface area contributed by atoms with Crippen molar-refractivity contribution in [2.24, 2.45) is 0 Å². The normalized spacial score (nSPS) is 10.7. The first kappa shape index (κ1) is 21.5. The van der Waals surface area contributed by atoms with E-state index in [0.717, 1.165) is 24.3 Å². The molecule has 2 aromatic carbocycles. The van der Waals surface area contributed by atoms with Crippen LogP contribution in [-0.4, -0.2) is 13.2 Å². The van der Waals surface area contributed by atoms with Gasteiger partial charge in [-0.05, 0) is 49.2 Å². The highest BCUT2D eigenvalue weighted by Crippen LogP contribution is 2.24. The minimum Gasteiger partial charge on any atom is -0.491 e. The molecule has 0 saturated carbocycles. The van der Waals surface area contributed by atoms with Gasteiger partial charge in [0.15, 0.2) is 0 Å². The van der Waals surface area contributed by atoms with E-state index in [0.29, 0.717) is 36.0 Å². The van der Waals surface area contributed by atoms with Crippen molar-refractivity contribution in [3.63, 3.8) is 0 Å². The Morgan fingerprint density at radius 1 is 0.500 bits per heavy atom. The first-order valence-corrected chi connectivity index (χ1v) is 10.1. The molecule has 8 N–H and O–H groups in total. The average Bonchev–Trinajstić information content (AvgIpc) is 2.65. The third-order valence-electron chi connectivity index (χ3n) is 4.62. The molecule has 0 fully saturated rings. The van der Waals surface area contributed by atoms with Crippen molar-refractivity contribution in [1.29, 1.82) is 0 Å². The summed E-state index contributed by atoms with van der Waals surface area (Å²) in [6.07, 6.45) is 9.42. The second kappa shape index (κ2) is 11.8. The number of ether oxygens (including phenoxy) is 2. The molecule has 0 heterocycles. The topological polar surface area (TPSA) is 123 Å². The molecular weight excluding hydrogens is 352 g/mol. The largest absolute Gasteiger partial charge is 0.491 e. The van der Waals surface area contributed by atoms with Crippen LogP contribution in [0.1, 0.15) is 51.4 Å². The Bertz CT molecular complexity index is 660. The van der Waals surface area contributed by atoms with Gasteiger partial charge in [0.25, 0.3) is 0 Å². The minimum absolute atomic E-state index is 0.600. The van der Waals surface area contributed by atoms with Gasteiger partial charge >= 0.3 is 0 Å². The quantitative estimate of drug-likeness (QED) is 0.295. The summed E-state index contributed by atoms with van der Waals surface area (Å²) < 4.78 is 11.4. The second-order valence-corrected chi connectivity index (χ2v) is 7.12. The minimum atomic E-state index is 0.600. The van der Waals surface area contributed by atoms with Crippen LogP contribution in [0.15, 0.2) is 36.4 Å². The number of unbranched alkanes of at least 4 members (excludes halogenated alkanes) is 7. The predicted octanol–water partition coefficient (Wildman–Crippen LogP) is 4.59. The third kappa shape index (κ3) is 7.86. The van der Waals surface area contributed by atoms with Crippen LogP contribution in [0.4, 0.5) is 22.7 Å². The van der Waals surface area contributed by atoms with Gasteiger partial charge in [0.05, 0.1) is 24.6 Å². The summed E-state index contributed by atoms with van der Waals surface area (Å²) in [7, 11) is 0. The Morgan fingerprint density at radius 2 is 0.857 bits per heavy atom. The molecule has 28 heavy (non-hydrogen) atoms. The van der Waals surface area contributed by atoms with Gasteiger partial charge in [-0.2, -0.15) is 0 Å². The van der Waals surface area contributed by atoms with Crippen LogP contribution in [0.25, 0.3) is 0 Å². The Balaban J connectivity index is 1.40. The van der Waals surface area contributed by atoms with Gasteiger partial charge < -0.3 is 32.4 Å². The Kier molecular flexibility index (Phi) is 9.11. The van der Waals surface area contributed by atoms with Crippen molar-refractivity contribution in [2.75, 3.05) is 36.1 Å². The highest BCUT2D eigenvalue weighted by Gasteiger charge is 2.01. The zero-order valence-electron chi connectivity index (χ0n) is 16.7. The van der Waals surface area contributed by atoms with Crippen molar-refractivity contribution in [1.82, 2.24) is 0 Å².